The highest BCUT2D eigenvalue weighted by molar-refractivity contribution is 5.93. The molecule has 0 heterocycles. The zero-order valence-electron chi connectivity index (χ0n) is 18.7. The van der Waals surface area contributed by atoms with Crippen LogP contribution < -0.4 is 10.2 Å². The maximum absolute atomic E-state index is 13.1. The summed E-state index contributed by atoms with van der Waals surface area (Å²) in [5.74, 6) is 0.433. The smallest absolute Gasteiger partial charge is 0.227 e. The van der Waals surface area contributed by atoms with Gasteiger partial charge < -0.3 is 19.9 Å². The molecule has 162 valence electrons. The Morgan fingerprint density at radius 3 is 2.41 bits per heavy atom. The predicted octanol–water partition coefficient (Wildman–Crippen LogP) is 3.90. The normalized spacial score (nSPS) is 13.9. The molecule has 0 spiro atoms. The molecule has 0 unspecified atom stereocenters. The van der Waals surface area contributed by atoms with Crippen molar-refractivity contribution in [3.63, 3.8) is 0 Å². The number of rotatable bonds is 11. The van der Waals surface area contributed by atoms with Crippen molar-refractivity contribution in [1.82, 2.24) is 4.90 Å². The molecule has 0 radical (unpaired) electrons. The third kappa shape index (κ3) is 6.20. The molecule has 0 saturated heterocycles. The first-order chi connectivity index (χ1) is 13.9. The number of anilines is 2. The molecule has 1 aliphatic carbocycles. The van der Waals surface area contributed by atoms with Crippen molar-refractivity contribution >= 4 is 23.2 Å². The summed E-state index contributed by atoms with van der Waals surface area (Å²) in [4.78, 5) is 29.4. The third-order valence-electron chi connectivity index (χ3n) is 5.88. The van der Waals surface area contributed by atoms with Crippen molar-refractivity contribution in [1.29, 1.82) is 0 Å². The Morgan fingerprint density at radius 2 is 1.90 bits per heavy atom. The Kier molecular flexibility index (Phi) is 8.96. The monoisotopic (exact) mass is 403 g/mol. The van der Waals surface area contributed by atoms with Gasteiger partial charge in [0.25, 0.3) is 0 Å². The number of nitrogens with one attached hydrogen (secondary N) is 1. The summed E-state index contributed by atoms with van der Waals surface area (Å²) in [6, 6.07) is 5.96. The molecule has 0 bridgehead atoms. The Morgan fingerprint density at radius 1 is 1.21 bits per heavy atom. The van der Waals surface area contributed by atoms with E-state index in [1.807, 2.05) is 42.1 Å². The minimum Gasteiger partial charge on any atom is -0.383 e. The van der Waals surface area contributed by atoms with E-state index in [-0.39, 0.29) is 23.7 Å². The van der Waals surface area contributed by atoms with Crippen LogP contribution in [0, 0.1) is 11.8 Å². The fraction of sp³-hybridized carbons (Fsp3) is 0.652. The zero-order chi connectivity index (χ0) is 21.4. The minimum absolute atomic E-state index is 0.0242. The first-order valence-electron chi connectivity index (χ1n) is 10.8. The van der Waals surface area contributed by atoms with Gasteiger partial charge in [-0.3, -0.25) is 9.59 Å². The predicted molar refractivity (Wildman–Crippen MR) is 118 cm³/mol. The van der Waals surface area contributed by atoms with E-state index in [1.165, 1.54) is 0 Å². The van der Waals surface area contributed by atoms with Crippen molar-refractivity contribution in [2.24, 2.45) is 11.8 Å². The van der Waals surface area contributed by atoms with Crippen LogP contribution in [-0.4, -0.2) is 51.1 Å². The topological polar surface area (TPSA) is 61.9 Å². The van der Waals surface area contributed by atoms with Crippen LogP contribution in [0.2, 0.25) is 0 Å². The molecule has 1 aromatic carbocycles. The molecule has 0 aliphatic heterocycles. The summed E-state index contributed by atoms with van der Waals surface area (Å²) in [5.41, 5.74) is 2.87. The third-order valence-corrected chi connectivity index (χ3v) is 5.88. The number of nitrogens with zero attached hydrogens (tertiary/aromatic N) is 2. The summed E-state index contributed by atoms with van der Waals surface area (Å²) in [6.45, 7) is 5.67. The lowest BCUT2D eigenvalue weighted by Crippen LogP contribution is -2.38. The second-order valence-electron chi connectivity index (χ2n) is 8.12. The van der Waals surface area contributed by atoms with Crippen LogP contribution in [0.15, 0.2) is 18.2 Å². The van der Waals surface area contributed by atoms with Crippen molar-refractivity contribution in [2.75, 3.05) is 44.6 Å². The summed E-state index contributed by atoms with van der Waals surface area (Å²) in [5, 5.41) is 3.06. The van der Waals surface area contributed by atoms with E-state index in [2.05, 4.69) is 19.2 Å². The van der Waals surface area contributed by atoms with Gasteiger partial charge in [0.1, 0.15) is 0 Å². The van der Waals surface area contributed by atoms with Gasteiger partial charge in [-0.1, -0.05) is 20.3 Å². The Balaban J connectivity index is 2.25. The maximum atomic E-state index is 13.1. The molecule has 1 saturated carbocycles. The van der Waals surface area contributed by atoms with Gasteiger partial charge in [-0.2, -0.15) is 0 Å². The van der Waals surface area contributed by atoms with Crippen LogP contribution in [-0.2, 0) is 20.9 Å². The second-order valence-corrected chi connectivity index (χ2v) is 8.12. The number of ether oxygens (including phenoxy) is 1. The minimum atomic E-state index is 0.0242. The standard InChI is InChI=1S/C23H37N3O3/c1-6-17(7-2)23(28)26(13-14-29-5)16-19-15-20(11-12-21(19)25(3)4)24-22(27)18-9-8-10-18/h11-12,15,17-18H,6-10,13-14,16H2,1-5H3,(H,24,27). The second kappa shape index (κ2) is 11.2. The quantitative estimate of drug-likeness (QED) is 0.609. The molecule has 6 heteroatoms. The summed E-state index contributed by atoms with van der Waals surface area (Å²) < 4.78 is 5.25. The number of benzene rings is 1. The fourth-order valence-corrected chi connectivity index (χ4v) is 3.71. The Bertz CT molecular complexity index is 682. The van der Waals surface area contributed by atoms with E-state index >= 15 is 0 Å². The lowest BCUT2D eigenvalue weighted by molar-refractivity contribution is -0.137. The number of amides is 2. The highest BCUT2D eigenvalue weighted by atomic mass is 16.5. The van der Waals surface area contributed by atoms with Crippen molar-refractivity contribution in [3.8, 4) is 0 Å². The summed E-state index contributed by atoms with van der Waals surface area (Å²) in [7, 11) is 5.64. The number of carbonyl (C=O) groups is 2. The fourth-order valence-electron chi connectivity index (χ4n) is 3.71. The molecule has 0 atom stereocenters. The zero-order valence-corrected chi connectivity index (χ0v) is 18.7. The molecule has 1 N–H and O–H groups in total. The van der Waals surface area contributed by atoms with Gasteiger partial charge in [-0.15, -0.1) is 0 Å². The largest absolute Gasteiger partial charge is 0.383 e. The van der Waals surface area contributed by atoms with Crippen molar-refractivity contribution in [2.45, 2.75) is 52.5 Å². The van der Waals surface area contributed by atoms with Crippen LogP contribution >= 0.6 is 0 Å². The summed E-state index contributed by atoms with van der Waals surface area (Å²) in [6.07, 6.45) is 4.75. The molecule has 1 aliphatic rings. The van der Waals surface area contributed by atoms with Crippen LogP contribution in [0.4, 0.5) is 11.4 Å². The van der Waals surface area contributed by atoms with Gasteiger partial charge in [0.05, 0.1) is 6.61 Å². The Labute approximate surface area is 175 Å². The van der Waals surface area contributed by atoms with Gasteiger partial charge in [0.15, 0.2) is 0 Å². The van der Waals surface area contributed by atoms with Gasteiger partial charge in [-0.05, 0) is 49.4 Å². The van der Waals surface area contributed by atoms with E-state index in [0.29, 0.717) is 19.7 Å². The molecule has 6 nitrogen and oxygen atoms in total. The number of methoxy groups -OCH3 is 1. The average Bonchev–Trinajstić information content (AvgIpc) is 2.64. The summed E-state index contributed by atoms with van der Waals surface area (Å²) >= 11 is 0. The molecule has 0 aromatic heterocycles. The molecular weight excluding hydrogens is 366 g/mol. The molecular formula is C23H37N3O3. The van der Waals surface area contributed by atoms with Crippen molar-refractivity contribution < 1.29 is 14.3 Å². The van der Waals surface area contributed by atoms with E-state index < -0.39 is 0 Å². The van der Waals surface area contributed by atoms with Crippen LogP contribution in [0.25, 0.3) is 0 Å². The molecule has 29 heavy (non-hydrogen) atoms. The molecule has 2 rings (SSSR count). The van der Waals surface area contributed by atoms with Gasteiger partial charge in [0, 0.05) is 57.5 Å². The van der Waals surface area contributed by atoms with Crippen LogP contribution in [0.1, 0.15) is 51.5 Å². The number of hydrogen-bond acceptors (Lipinski definition) is 4. The number of hydrogen-bond donors (Lipinski definition) is 1. The van der Waals surface area contributed by atoms with E-state index in [4.69, 9.17) is 4.74 Å². The average molecular weight is 404 g/mol. The Hall–Kier alpha value is -2.08. The highest BCUT2D eigenvalue weighted by Crippen LogP contribution is 2.29. The first kappa shape index (κ1) is 23.2. The molecule has 2 amide bonds. The maximum Gasteiger partial charge on any atom is 0.227 e. The SMILES string of the molecule is CCC(CC)C(=O)N(CCOC)Cc1cc(NC(=O)C2CCC2)ccc1N(C)C. The lowest BCUT2D eigenvalue weighted by Gasteiger charge is -2.29. The van der Waals surface area contributed by atoms with Crippen LogP contribution in [0.5, 0.6) is 0 Å². The van der Waals surface area contributed by atoms with Gasteiger partial charge in [0.2, 0.25) is 11.8 Å². The molecule has 1 aromatic rings. The van der Waals surface area contributed by atoms with Gasteiger partial charge >= 0.3 is 0 Å². The van der Waals surface area contributed by atoms with Crippen molar-refractivity contribution in [3.05, 3.63) is 23.8 Å². The van der Waals surface area contributed by atoms with E-state index in [1.54, 1.807) is 7.11 Å². The number of carbonyl (C=O) groups excluding carboxylic acids is 2. The first-order valence-corrected chi connectivity index (χ1v) is 10.8. The molecule has 1 fully saturated rings. The lowest BCUT2D eigenvalue weighted by atomic mass is 9.85. The highest BCUT2D eigenvalue weighted by Gasteiger charge is 2.26. The van der Waals surface area contributed by atoms with E-state index in [9.17, 15) is 9.59 Å². The van der Waals surface area contributed by atoms with Crippen LogP contribution in [0.3, 0.4) is 0 Å². The van der Waals surface area contributed by atoms with Gasteiger partial charge in [-0.25, -0.2) is 0 Å². The van der Waals surface area contributed by atoms with E-state index in [0.717, 1.165) is 49.0 Å².